The molecule has 6 nitrogen and oxygen atoms in total. The molecule has 3 rings (SSSR count). The van der Waals surface area contributed by atoms with Crippen molar-refractivity contribution in [2.45, 2.75) is 25.3 Å². The van der Waals surface area contributed by atoms with Crippen LogP contribution >= 0.6 is 22.9 Å². The first-order valence-corrected chi connectivity index (χ1v) is 7.15. The van der Waals surface area contributed by atoms with Crippen molar-refractivity contribution < 1.29 is 9.90 Å². The SMILES string of the molecule is O=C(O)CC(C1CC1)n1nnnc1-c1sccc1Cl. The number of hydrogen-bond acceptors (Lipinski definition) is 5. The molecule has 2 aromatic heterocycles. The van der Waals surface area contributed by atoms with E-state index in [9.17, 15) is 4.79 Å². The first-order chi connectivity index (χ1) is 9.16. The molecule has 1 aliphatic carbocycles. The number of rotatable bonds is 5. The summed E-state index contributed by atoms with van der Waals surface area (Å²) in [5.41, 5.74) is 0. The van der Waals surface area contributed by atoms with Crippen LogP contribution in [-0.4, -0.2) is 31.3 Å². The summed E-state index contributed by atoms with van der Waals surface area (Å²) in [6.07, 6.45) is 2.08. The Morgan fingerprint density at radius 2 is 2.42 bits per heavy atom. The van der Waals surface area contributed by atoms with Crippen LogP contribution in [0.3, 0.4) is 0 Å². The Labute approximate surface area is 118 Å². The van der Waals surface area contributed by atoms with Gasteiger partial charge in [0.25, 0.3) is 0 Å². The fourth-order valence-corrected chi connectivity index (χ4v) is 3.25. The van der Waals surface area contributed by atoms with E-state index in [2.05, 4.69) is 15.5 Å². The van der Waals surface area contributed by atoms with Gasteiger partial charge in [-0.1, -0.05) is 11.6 Å². The van der Waals surface area contributed by atoms with Gasteiger partial charge in [0, 0.05) is 0 Å². The summed E-state index contributed by atoms with van der Waals surface area (Å²) in [6.45, 7) is 0. The van der Waals surface area contributed by atoms with E-state index < -0.39 is 5.97 Å². The molecule has 1 aliphatic rings. The second kappa shape index (κ2) is 4.90. The van der Waals surface area contributed by atoms with Gasteiger partial charge < -0.3 is 5.11 Å². The maximum absolute atomic E-state index is 11.0. The molecule has 0 aromatic carbocycles. The largest absolute Gasteiger partial charge is 0.481 e. The normalized spacial score (nSPS) is 16.5. The number of aliphatic carboxylic acids is 1. The standard InChI is InChI=1S/C11H11ClN4O2S/c12-7-3-4-19-10(7)11-13-14-15-16(11)8(5-9(17)18)6-1-2-6/h3-4,6,8H,1-2,5H2,(H,17,18). The molecule has 1 fully saturated rings. The Morgan fingerprint density at radius 1 is 1.63 bits per heavy atom. The van der Waals surface area contributed by atoms with Crippen LogP contribution in [0.15, 0.2) is 11.4 Å². The zero-order valence-electron chi connectivity index (χ0n) is 9.86. The number of thiophene rings is 1. The summed E-state index contributed by atoms with van der Waals surface area (Å²) < 4.78 is 1.61. The first kappa shape index (κ1) is 12.6. The molecule has 19 heavy (non-hydrogen) atoms. The average Bonchev–Trinajstić information content (AvgIpc) is 2.94. The Kier molecular flexibility index (Phi) is 3.24. The van der Waals surface area contributed by atoms with Crippen molar-refractivity contribution in [2.75, 3.05) is 0 Å². The van der Waals surface area contributed by atoms with Crippen molar-refractivity contribution in [3.8, 4) is 10.7 Å². The van der Waals surface area contributed by atoms with Crippen LogP contribution < -0.4 is 0 Å². The quantitative estimate of drug-likeness (QED) is 0.917. The first-order valence-electron chi connectivity index (χ1n) is 5.90. The molecule has 2 aromatic rings. The Hall–Kier alpha value is -1.47. The molecular weight excluding hydrogens is 288 g/mol. The minimum absolute atomic E-state index is 0.0334. The highest BCUT2D eigenvalue weighted by Gasteiger charge is 2.36. The van der Waals surface area contributed by atoms with E-state index in [-0.39, 0.29) is 12.5 Å². The predicted octanol–water partition coefficient (Wildman–Crippen LogP) is 2.48. The van der Waals surface area contributed by atoms with Gasteiger partial charge in [-0.05, 0) is 40.6 Å². The van der Waals surface area contributed by atoms with Crippen molar-refractivity contribution in [1.29, 1.82) is 0 Å². The smallest absolute Gasteiger partial charge is 0.305 e. The van der Waals surface area contributed by atoms with Crippen LogP contribution in [0.4, 0.5) is 0 Å². The van der Waals surface area contributed by atoms with Crippen molar-refractivity contribution in [3.05, 3.63) is 16.5 Å². The molecule has 0 amide bonds. The number of carboxylic acid groups (broad SMARTS) is 1. The molecule has 2 heterocycles. The minimum Gasteiger partial charge on any atom is -0.481 e. The van der Waals surface area contributed by atoms with Gasteiger partial charge >= 0.3 is 5.97 Å². The molecule has 0 aliphatic heterocycles. The van der Waals surface area contributed by atoms with Gasteiger partial charge in [-0.15, -0.1) is 16.4 Å². The van der Waals surface area contributed by atoms with E-state index in [1.807, 2.05) is 5.38 Å². The van der Waals surface area contributed by atoms with E-state index >= 15 is 0 Å². The van der Waals surface area contributed by atoms with E-state index in [1.165, 1.54) is 11.3 Å². The predicted molar refractivity (Wildman–Crippen MR) is 70.2 cm³/mol. The summed E-state index contributed by atoms with van der Waals surface area (Å²) >= 11 is 7.54. The number of carboxylic acids is 1. The summed E-state index contributed by atoms with van der Waals surface area (Å²) in [5.74, 6) is 0.0610. The lowest BCUT2D eigenvalue weighted by Gasteiger charge is -2.15. The van der Waals surface area contributed by atoms with Crippen molar-refractivity contribution in [3.63, 3.8) is 0 Å². The summed E-state index contributed by atoms with van der Waals surface area (Å²) in [7, 11) is 0. The zero-order valence-corrected chi connectivity index (χ0v) is 11.4. The molecule has 0 radical (unpaired) electrons. The molecule has 1 N–H and O–H groups in total. The molecule has 1 saturated carbocycles. The van der Waals surface area contributed by atoms with E-state index in [1.54, 1.807) is 10.7 Å². The minimum atomic E-state index is -0.837. The molecule has 0 saturated heterocycles. The number of aromatic nitrogens is 4. The van der Waals surface area contributed by atoms with Gasteiger partial charge in [0.15, 0.2) is 5.82 Å². The zero-order chi connectivity index (χ0) is 13.4. The van der Waals surface area contributed by atoms with Gasteiger partial charge in [0.05, 0.1) is 22.4 Å². The third-order valence-corrected chi connectivity index (χ3v) is 4.51. The summed E-state index contributed by atoms with van der Waals surface area (Å²) in [6, 6.07) is 1.59. The van der Waals surface area contributed by atoms with E-state index in [0.717, 1.165) is 17.7 Å². The van der Waals surface area contributed by atoms with Crippen LogP contribution in [0.1, 0.15) is 25.3 Å². The molecule has 0 spiro atoms. The number of tetrazole rings is 1. The Bertz CT molecular complexity index is 607. The lowest BCUT2D eigenvalue weighted by atomic mass is 10.1. The van der Waals surface area contributed by atoms with Crippen LogP contribution in [0.25, 0.3) is 10.7 Å². The maximum Gasteiger partial charge on any atom is 0.305 e. The number of hydrogen-bond donors (Lipinski definition) is 1. The lowest BCUT2D eigenvalue weighted by molar-refractivity contribution is -0.138. The molecule has 0 bridgehead atoms. The van der Waals surface area contributed by atoms with E-state index in [0.29, 0.717) is 16.8 Å². The number of halogens is 1. The molecular formula is C11H11ClN4O2S. The second-order valence-electron chi connectivity index (χ2n) is 4.55. The van der Waals surface area contributed by atoms with Crippen molar-refractivity contribution in [1.82, 2.24) is 20.2 Å². The molecule has 1 unspecified atom stereocenters. The van der Waals surface area contributed by atoms with Crippen molar-refractivity contribution >= 4 is 28.9 Å². The average molecular weight is 299 g/mol. The van der Waals surface area contributed by atoms with Crippen LogP contribution in [0.5, 0.6) is 0 Å². The van der Waals surface area contributed by atoms with Crippen LogP contribution in [-0.2, 0) is 4.79 Å². The number of carbonyl (C=O) groups is 1. The second-order valence-corrected chi connectivity index (χ2v) is 5.87. The van der Waals surface area contributed by atoms with E-state index in [4.69, 9.17) is 16.7 Å². The third-order valence-electron chi connectivity index (χ3n) is 3.18. The van der Waals surface area contributed by atoms with Gasteiger partial charge in [0.1, 0.15) is 0 Å². The highest BCUT2D eigenvalue weighted by molar-refractivity contribution is 7.14. The highest BCUT2D eigenvalue weighted by atomic mass is 35.5. The Morgan fingerprint density at radius 3 is 3.00 bits per heavy atom. The molecule has 100 valence electrons. The van der Waals surface area contributed by atoms with Gasteiger partial charge in [-0.2, -0.15) is 0 Å². The topological polar surface area (TPSA) is 80.9 Å². The highest BCUT2D eigenvalue weighted by Crippen LogP contribution is 2.43. The van der Waals surface area contributed by atoms with Gasteiger partial charge in [-0.25, -0.2) is 4.68 Å². The van der Waals surface area contributed by atoms with Crippen molar-refractivity contribution in [2.24, 2.45) is 5.92 Å². The molecule has 8 heteroatoms. The third kappa shape index (κ3) is 2.48. The summed E-state index contributed by atoms with van der Waals surface area (Å²) in [5, 5.41) is 23.1. The lowest BCUT2D eigenvalue weighted by Crippen LogP contribution is -2.18. The molecule has 1 atom stereocenters. The fourth-order valence-electron chi connectivity index (χ4n) is 2.13. The number of nitrogens with zero attached hydrogens (tertiary/aromatic N) is 4. The Balaban J connectivity index is 1.98. The maximum atomic E-state index is 11.0. The summed E-state index contributed by atoms with van der Waals surface area (Å²) in [4.78, 5) is 11.8. The van der Waals surface area contributed by atoms with Gasteiger partial charge in [-0.3, -0.25) is 4.79 Å². The monoisotopic (exact) mass is 298 g/mol. The fraction of sp³-hybridized carbons (Fsp3) is 0.455. The van der Waals surface area contributed by atoms with Gasteiger partial charge in [0.2, 0.25) is 0 Å². The van der Waals surface area contributed by atoms with Crippen LogP contribution in [0, 0.1) is 5.92 Å². The van der Waals surface area contributed by atoms with Crippen LogP contribution in [0.2, 0.25) is 5.02 Å².